The molecule has 2 aliphatic heterocycles. The molecule has 0 bridgehead atoms. The van der Waals surface area contributed by atoms with Crippen LogP contribution in [-0.4, -0.2) is 70.4 Å². The molecule has 3 N–H and O–H groups in total. The molecule has 0 radical (unpaired) electrons. The summed E-state index contributed by atoms with van der Waals surface area (Å²) in [6.45, 7) is 8.88. The Balaban J connectivity index is 0.849. The van der Waals surface area contributed by atoms with Crippen molar-refractivity contribution in [2.75, 3.05) is 48.4 Å². The molecule has 8 aromatic rings. The average molecular weight is 1240 g/mol. The van der Waals surface area contributed by atoms with Gasteiger partial charge in [0.05, 0.1) is 42.4 Å². The van der Waals surface area contributed by atoms with Crippen LogP contribution in [0.4, 0.5) is 11.4 Å². The first-order valence-corrected chi connectivity index (χ1v) is 33.1. The summed E-state index contributed by atoms with van der Waals surface area (Å²) in [7, 11) is -8.52. The summed E-state index contributed by atoms with van der Waals surface area (Å²) < 4.78 is 102. The van der Waals surface area contributed by atoms with E-state index in [4.69, 9.17) is 34.6 Å². The molecule has 2 aromatic heterocycles. The largest absolute Gasteiger partial charge is 0.439 e. The van der Waals surface area contributed by atoms with Crippen LogP contribution in [0.2, 0.25) is 5.02 Å². The van der Waals surface area contributed by atoms with Crippen molar-refractivity contribution < 1.29 is 62.9 Å². The maximum absolute atomic E-state index is 13.6. The summed E-state index contributed by atoms with van der Waals surface area (Å²) in [4.78, 5) is 17.6. The average Bonchev–Trinajstić information content (AvgIpc) is 2.38. The highest BCUT2D eigenvalue weighted by molar-refractivity contribution is 7.85. The lowest BCUT2D eigenvalue weighted by molar-refractivity contribution is -0.679. The van der Waals surface area contributed by atoms with Crippen LogP contribution in [0.3, 0.4) is 0 Å². The molecule has 0 spiro atoms. The molecule has 454 valence electrons. The number of nitrogens with one attached hydrogen (secondary N) is 1. The Labute approximate surface area is 512 Å². The van der Waals surface area contributed by atoms with Crippen molar-refractivity contribution in [3.8, 4) is 33.8 Å². The number of allylic oxidation sites excluding steroid dienone is 4. The Morgan fingerprint density at radius 3 is 1.69 bits per heavy atom. The number of unbranched alkanes of at least 4 members (excludes halogenated alkanes) is 3. The number of nitrogens with zero attached hydrogens (tertiary/aromatic N) is 4. The second-order valence-electron chi connectivity index (χ2n) is 21.5. The Bertz CT molecular complexity index is 4140. The maximum Gasteiger partial charge on any atom is 0.374 e. The van der Waals surface area contributed by atoms with Crippen LogP contribution in [0, 0.1) is 0 Å². The fraction of sp³-hybridized carbons (Fsp3) is 0.299. The van der Waals surface area contributed by atoms with E-state index in [0.29, 0.717) is 89.8 Å². The first-order chi connectivity index (χ1) is 42.0. The molecule has 4 heterocycles. The molecule has 6 aromatic carbocycles. The number of rotatable bonds is 28. The van der Waals surface area contributed by atoms with Gasteiger partial charge in [0, 0.05) is 48.8 Å². The molecule has 0 saturated heterocycles. The Hall–Kier alpha value is -8.04. The molecule has 10 rings (SSSR count). The standard InChI is InChI=1S/C67H70ClN5O12S2/c1-4-7-14-31-71-58-45-54(68)24-28-62(58)85-65(71)40-47(5-2)41-66-72(56-43-52(22-26-60(56)83-66)50-17-10-8-11-18-50)33-30-69-63(74)29-35-81-36-34-73-57-44-53(51-19-12-9-13-20-51)23-27-61(57)84-67(73)42-48(6-3)39-64-70(32-15-16-37-86(75,76)77)55-38-49(46-87(78,79)80)21-25-59(55)82-64/h8-13,17-28,38-45H,4-7,14-16,29-37,46H2,1-3H3,(H-2,69,74,75,76,77,78,79,80)/p+2. The zero-order chi connectivity index (χ0) is 61.1. The highest BCUT2D eigenvalue weighted by Crippen LogP contribution is 2.43. The van der Waals surface area contributed by atoms with Crippen LogP contribution in [-0.2, 0) is 48.6 Å². The molecular formula is C67H72ClN5O12S2+2. The minimum Gasteiger partial charge on any atom is -0.439 e. The van der Waals surface area contributed by atoms with Gasteiger partial charge in [-0.25, -0.2) is 0 Å². The predicted octanol–water partition coefficient (Wildman–Crippen LogP) is 13.3. The van der Waals surface area contributed by atoms with Crippen LogP contribution in [0.5, 0.6) is 11.5 Å². The minimum atomic E-state index is -4.34. The van der Waals surface area contributed by atoms with Crippen LogP contribution in [0.15, 0.2) is 177 Å². The van der Waals surface area contributed by atoms with Crippen molar-refractivity contribution in [3.63, 3.8) is 0 Å². The minimum absolute atomic E-state index is 0.124. The Morgan fingerprint density at radius 1 is 0.609 bits per heavy atom. The summed E-state index contributed by atoms with van der Waals surface area (Å²) in [5.74, 6) is 2.32. The molecule has 20 heteroatoms. The predicted molar refractivity (Wildman–Crippen MR) is 339 cm³/mol. The fourth-order valence-electron chi connectivity index (χ4n) is 10.7. The van der Waals surface area contributed by atoms with Gasteiger partial charge in [0.1, 0.15) is 12.4 Å². The van der Waals surface area contributed by atoms with Crippen molar-refractivity contribution in [2.45, 2.75) is 91.0 Å². The van der Waals surface area contributed by atoms with Gasteiger partial charge in [-0.05, 0) is 114 Å². The van der Waals surface area contributed by atoms with E-state index in [1.165, 1.54) is 0 Å². The summed E-state index contributed by atoms with van der Waals surface area (Å²) in [6.07, 6.45) is 12.9. The summed E-state index contributed by atoms with van der Waals surface area (Å²) in [6, 6.07) is 42.9. The zero-order valence-corrected chi connectivity index (χ0v) is 51.4. The second-order valence-corrected chi connectivity index (χ2v) is 24.9. The van der Waals surface area contributed by atoms with Crippen molar-refractivity contribution in [2.24, 2.45) is 0 Å². The third kappa shape index (κ3) is 15.9. The van der Waals surface area contributed by atoms with Gasteiger partial charge < -0.3 is 38.2 Å². The van der Waals surface area contributed by atoms with E-state index in [-0.39, 0.29) is 38.5 Å². The molecule has 0 saturated carbocycles. The van der Waals surface area contributed by atoms with Crippen molar-refractivity contribution in [3.05, 3.63) is 191 Å². The van der Waals surface area contributed by atoms with Gasteiger partial charge in [0.2, 0.25) is 28.8 Å². The lowest BCUT2D eigenvalue weighted by Crippen LogP contribution is -2.42. The monoisotopic (exact) mass is 1240 g/mol. The number of hydrogen-bond donors (Lipinski definition) is 3. The van der Waals surface area contributed by atoms with Gasteiger partial charge in [0.15, 0.2) is 24.6 Å². The van der Waals surface area contributed by atoms with E-state index in [9.17, 15) is 30.7 Å². The SMILES string of the molecule is CCCCCN1C(=CC(=Cc2oc3ccc(-c4ccccc4)cc3[n+]2CCNC(=O)CCOCC[n+]2c(C=C(C=C3Oc4ccc(CS(=O)(=O)O)cc4N3CCCCS(=O)(=O)O)CC)oc3ccc(-c4ccccc4)cc32)CC)Oc2ccc(Cl)cc21. The molecule has 17 nitrogen and oxygen atoms in total. The van der Waals surface area contributed by atoms with E-state index in [1.54, 1.807) is 18.2 Å². The zero-order valence-electron chi connectivity index (χ0n) is 49.0. The van der Waals surface area contributed by atoms with Crippen molar-refractivity contribution >= 4 is 83.5 Å². The van der Waals surface area contributed by atoms with Gasteiger partial charge in [-0.15, -0.1) is 0 Å². The molecule has 0 aliphatic carbocycles. The smallest absolute Gasteiger partial charge is 0.374 e. The molecular weight excluding hydrogens is 1170 g/mol. The molecule has 1 amide bonds. The number of carbonyl (C=O) groups is 1. The lowest BCUT2D eigenvalue weighted by atomic mass is 10.1. The summed E-state index contributed by atoms with van der Waals surface area (Å²) >= 11 is 6.48. The molecule has 87 heavy (non-hydrogen) atoms. The van der Waals surface area contributed by atoms with E-state index >= 15 is 0 Å². The third-order valence-corrected chi connectivity index (χ3v) is 16.9. The third-order valence-electron chi connectivity index (χ3n) is 15.2. The van der Waals surface area contributed by atoms with E-state index < -0.39 is 31.7 Å². The normalized spacial score (nSPS) is 14.6. The fourth-order valence-corrected chi connectivity index (χ4v) is 12.1. The summed E-state index contributed by atoms with van der Waals surface area (Å²) in [5.41, 5.74) is 10.8. The number of amides is 1. The van der Waals surface area contributed by atoms with Crippen LogP contribution < -0.4 is 33.7 Å². The van der Waals surface area contributed by atoms with E-state index in [1.807, 2.05) is 120 Å². The first kappa shape index (κ1) is 62.0. The Morgan fingerprint density at radius 2 is 1.15 bits per heavy atom. The van der Waals surface area contributed by atoms with Crippen LogP contribution in [0.1, 0.15) is 89.5 Å². The highest BCUT2D eigenvalue weighted by atomic mass is 35.5. The van der Waals surface area contributed by atoms with Crippen molar-refractivity contribution in [1.29, 1.82) is 0 Å². The number of aromatic nitrogens is 2. The number of oxazole rings is 2. The number of hydrogen-bond acceptors (Lipinski definition) is 12. The van der Waals surface area contributed by atoms with Gasteiger partial charge in [-0.1, -0.05) is 124 Å². The molecule has 2 aliphatic rings. The number of anilines is 2. The number of carbonyl (C=O) groups excluding carboxylic acids is 1. The number of halogens is 1. The maximum atomic E-state index is 13.6. The summed E-state index contributed by atoms with van der Waals surface area (Å²) in [5, 5.41) is 3.77. The van der Waals surface area contributed by atoms with Gasteiger partial charge >= 0.3 is 11.8 Å². The van der Waals surface area contributed by atoms with Gasteiger partial charge in [-0.3, -0.25) is 13.9 Å². The van der Waals surface area contributed by atoms with Crippen molar-refractivity contribution in [1.82, 2.24) is 5.32 Å². The highest BCUT2D eigenvalue weighted by Gasteiger charge is 2.31. The molecule has 0 fully saturated rings. The first-order valence-electron chi connectivity index (χ1n) is 29.5. The van der Waals surface area contributed by atoms with Crippen LogP contribution in [0.25, 0.3) is 56.6 Å². The topological polar surface area (TPSA) is 206 Å². The van der Waals surface area contributed by atoms with Crippen LogP contribution >= 0.6 is 11.6 Å². The van der Waals surface area contributed by atoms with Gasteiger partial charge in [0.25, 0.3) is 31.3 Å². The second kappa shape index (κ2) is 28.2. The number of ether oxygens (including phenoxy) is 3. The van der Waals surface area contributed by atoms with E-state index in [2.05, 4.69) is 65.0 Å². The number of benzene rings is 6. The van der Waals surface area contributed by atoms with E-state index in [0.717, 1.165) is 87.6 Å². The Kier molecular flexibility index (Phi) is 20.1. The van der Waals surface area contributed by atoms with Gasteiger partial charge in [-0.2, -0.15) is 26.0 Å². The quantitative estimate of drug-likeness (QED) is 0.0237. The lowest BCUT2D eigenvalue weighted by Gasteiger charge is -2.19. The number of fused-ring (bicyclic) bond motifs is 4. The molecule has 0 unspecified atom stereocenters. The molecule has 0 atom stereocenters.